The molecule has 0 saturated heterocycles. The van der Waals surface area contributed by atoms with E-state index in [-0.39, 0.29) is 0 Å². The molecule has 0 fully saturated rings. The zero-order valence-electron chi connectivity index (χ0n) is 39.4. The van der Waals surface area contributed by atoms with Crippen LogP contribution in [0.5, 0.6) is 0 Å². The van der Waals surface area contributed by atoms with E-state index >= 15 is 0 Å². The van der Waals surface area contributed by atoms with Crippen LogP contribution in [-0.4, -0.2) is 9.13 Å². The summed E-state index contributed by atoms with van der Waals surface area (Å²) in [6.45, 7) is 8.52. The van der Waals surface area contributed by atoms with Crippen LogP contribution in [0.15, 0.2) is 206 Å². The predicted molar refractivity (Wildman–Crippen MR) is 291 cm³/mol. The van der Waals surface area contributed by atoms with Gasteiger partial charge in [-0.1, -0.05) is 156 Å². The number of benzene rings is 10. The molecule has 0 atom stereocenters. The molecule has 10 aromatic carbocycles. The number of aromatic nitrogens is 2. The fourth-order valence-corrected chi connectivity index (χ4v) is 10.6. The van der Waals surface area contributed by atoms with Gasteiger partial charge in [0.1, 0.15) is 6.07 Å². The highest BCUT2D eigenvalue weighted by Crippen LogP contribution is 2.44. The minimum absolute atomic E-state index is 0.530. The third-order valence-electron chi connectivity index (χ3n) is 14.0. The van der Waals surface area contributed by atoms with Crippen LogP contribution in [0.2, 0.25) is 0 Å². The number of nitriles is 2. The van der Waals surface area contributed by atoms with E-state index in [1.54, 1.807) is 0 Å². The van der Waals surface area contributed by atoms with Gasteiger partial charge in [0.25, 0.3) is 0 Å². The quantitative estimate of drug-likeness (QED) is 0.160. The molecular weight excluding hydrogens is 849 g/mol. The second-order valence-corrected chi connectivity index (χ2v) is 18.8. The average Bonchev–Trinajstić information content (AvgIpc) is 3.89. The summed E-state index contributed by atoms with van der Waals surface area (Å²) in [7, 11) is 0. The fraction of sp³-hybridized carbons (Fsp3) is 0.0606. The number of nitrogens with zero attached hydrogens (tertiary/aromatic N) is 4. The average molecular weight is 895 g/mol. The van der Waals surface area contributed by atoms with Crippen LogP contribution in [0, 0.1) is 50.4 Å². The SMILES string of the molecule is Cc1cccc(-c2ccc3c(c2)c2cc(-c4cccc(C)c4)ccc2n3-c2cc(-c3cccc(C#N)c3)c(-n3c4ccc(-c5cccc(C)c5)cc4c4cc(-c5cccc(C)c5)ccc43)cc2C#N)c1. The molecule has 0 aliphatic heterocycles. The van der Waals surface area contributed by atoms with Crippen LogP contribution in [-0.2, 0) is 0 Å². The van der Waals surface area contributed by atoms with Crippen molar-refractivity contribution >= 4 is 43.6 Å². The topological polar surface area (TPSA) is 57.4 Å². The van der Waals surface area contributed by atoms with Crippen molar-refractivity contribution in [2.75, 3.05) is 0 Å². The van der Waals surface area contributed by atoms with E-state index in [1.165, 1.54) is 22.3 Å². The van der Waals surface area contributed by atoms with Gasteiger partial charge in [-0.2, -0.15) is 10.5 Å². The summed E-state index contributed by atoms with van der Waals surface area (Å²) in [6, 6.07) is 78.6. The van der Waals surface area contributed by atoms with Crippen molar-refractivity contribution in [3.05, 3.63) is 240 Å². The van der Waals surface area contributed by atoms with Gasteiger partial charge in [0.05, 0.1) is 50.6 Å². The first kappa shape index (κ1) is 42.2. The van der Waals surface area contributed by atoms with E-state index in [1.807, 2.05) is 18.2 Å². The molecule has 2 heterocycles. The van der Waals surface area contributed by atoms with Gasteiger partial charge in [-0.05, 0) is 151 Å². The van der Waals surface area contributed by atoms with Gasteiger partial charge in [-0.15, -0.1) is 0 Å². The number of rotatable bonds is 7. The van der Waals surface area contributed by atoms with E-state index in [9.17, 15) is 10.5 Å². The Morgan fingerprint density at radius 1 is 0.300 bits per heavy atom. The lowest BCUT2D eigenvalue weighted by Gasteiger charge is -2.19. The van der Waals surface area contributed by atoms with Crippen LogP contribution in [0.25, 0.3) is 111 Å². The third kappa shape index (κ3) is 7.23. The first-order valence-electron chi connectivity index (χ1n) is 23.8. The Balaban J connectivity index is 1.16. The smallest absolute Gasteiger partial charge is 0.101 e. The molecule has 0 unspecified atom stereocenters. The molecule has 0 radical (unpaired) electrons. The van der Waals surface area contributed by atoms with Gasteiger partial charge in [-0.25, -0.2) is 0 Å². The Hall–Kier alpha value is -9.22. The maximum atomic E-state index is 11.4. The summed E-state index contributed by atoms with van der Waals surface area (Å²) >= 11 is 0. The minimum Gasteiger partial charge on any atom is -0.309 e. The number of aryl methyl sites for hydroxylation is 4. The number of fused-ring (bicyclic) bond motifs is 6. The molecular formula is C66H46N4. The normalized spacial score (nSPS) is 11.4. The summed E-state index contributed by atoms with van der Waals surface area (Å²) in [4.78, 5) is 0. The van der Waals surface area contributed by atoms with Gasteiger partial charge in [-0.3, -0.25) is 0 Å². The lowest BCUT2D eigenvalue weighted by molar-refractivity contribution is 1.14. The van der Waals surface area contributed by atoms with Crippen molar-refractivity contribution in [1.29, 1.82) is 10.5 Å². The van der Waals surface area contributed by atoms with Crippen LogP contribution >= 0.6 is 0 Å². The third-order valence-corrected chi connectivity index (χ3v) is 14.0. The Morgan fingerprint density at radius 3 is 1.00 bits per heavy atom. The molecule has 0 N–H and O–H groups in total. The maximum absolute atomic E-state index is 11.4. The molecule has 330 valence electrons. The molecule has 12 aromatic rings. The molecule has 12 rings (SSSR count). The zero-order chi connectivity index (χ0) is 47.6. The van der Waals surface area contributed by atoms with Gasteiger partial charge in [0.15, 0.2) is 0 Å². The highest BCUT2D eigenvalue weighted by molar-refractivity contribution is 6.14. The monoisotopic (exact) mass is 894 g/mol. The molecule has 0 spiro atoms. The van der Waals surface area contributed by atoms with Crippen molar-refractivity contribution in [3.8, 4) is 79.1 Å². The second-order valence-electron chi connectivity index (χ2n) is 18.8. The number of hydrogen-bond donors (Lipinski definition) is 0. The van der Waals surface area contributed by atoms with Crippen molar-refractivity contribution in [3.63, 3.8) is 0 Å². The predicted octanol–water partition coefficient (Wildman–Crippen LogP) is 17.2. The molecule has 4 nitrogen and oxygen atoms in total. The molecule has 0 saturated carbocycles. The highest BCUT2D eigenvalue weighted by atomic mass is 15.0. The summed E-state index contributed by atoms with van der Waals surface area (Å²) in [5.74, 6) is 0. The Kier molecular flexibility index (Phi) is 10.1. The van der Waals surface area contributed by atoms with Gasteiger partial charge >= 0.3 is 0 Å². The Bertz CT molecular complexity index is 4000. The van der Waals surface area contributed by atoms with E-state index in [2.05, 4.69) is 237 Å². The van der Waals surface area contributed by atoms with Gasteiger partial charge < -0.3 is 9.13 Å². The molecule has 2 aromatic heterocycles. The van der Waals surface area contributed by atoms with Crippen LogP contribution in [0.1, 0.15) is 33.4 Å². The number of hydrogen-bond acceptors (Lipinski definition) is 2. The van der Waals surface area contributed by atoms with E-state index in [4.69, 9.17) is 0 Å². The van der Waals surface area contributed by atoms with Crippen LogP contribution in [0.4, 0.5) is 0 Å². The summed E-state index contributed by atoms with van der Waals surface area (Å²) in [5.41, 5.74) is 22.5. The van der Waals surface area contributed by atoms with Crippen LogP contribution in [0.3, 0.4) is 0 Å². The zero-order valence-corrected chi connectivity index (χ0v) is 39.4. The Morgan fingerprint density at radius 2 is 0.643 bits per heavy atom. The van der Waals surface area contributed by atoms with Gasteiger partial charge in [0, 0.05) is 27.1 Å². The lowest BCUT2D eigenvalue weighted by Crippen LogP contribution is -2.04. The van der Waals surface area contributed by atoms with Crippen molar-refractivity contribution in [1.82, 2.24) is 9.13 Å². The fourth-order valence-electron chi connectivity index (χ4n) is 10.6. The van der Waals surface area contributed by atoms with Crippen molar-refractivity contribution in [2.45, 2.75) is 27.7 Å². The molecule has 0 bridgehead atoms. The first-order chi connectivity index (χ1) is 34.2. The molecule has 0 amide bonds. The largest absolute Gasteiger partial charge is 0.309 e. The Labute approximate surface area is 407 Å². The maximum Gasteiger partial charge on any atom is 0.101 e. The van der Waals surface area contributed by atoms with E-state index < -0.39 is 0 Å². The second kappa shape index (κ2) is 16.8. The molecule has 70 heavy (non-hydrogen) atoms. The standard InChI is InChI=1S/C66H46N4/c1-41-10-5-15-46(28-41)50-20-24-61-57(33-50)58-34-51(47-16-6-11-42(2)29-47)21-25-62(58)69(61)65-38-56(54-19-9-14-45(32-54)39-67)66(37-55(65)40-68)70-63-26-22-52(48-17-7-12-43(3)30-48)35-59(63)60-36-53(23-27-64(60)70)49-18-8-13-44(4)31-49/h5-38H,1-4H3. The minimum atomic E-state index is 0.530. The molecule has 0 aliphatic carbocycles. The summed E-state index contributed by atoms with van der Waals surface area (Å²) in [5, 5.41) is 26.1. The van der Waals surface area contributed by atoms with Crippen LogP contribution < -0.4 is 0 Å². The van der Waals surface area contributed by atoms with Gasteiger partial charge in [0.2, 0.25) is 0 Å². The van der Waals surface area contributed by atoms with E-state index in [0.29, 0.717) is 11.1 Å². The summed E-state index contributed by atoms with van der Waals surface area (Å²) < 4.78 is 4.58. The highest BCUT2D eigenvalue weighted by Gasteiger charge is 2.23. The summed E-state index contributed by atoms with van der Waals surface area (Å²) in [6.07, 6.45) is 0. The van der Waals surface area contributed by atoms with Crippen molar-refractivity contribution in [2.24, 2.45) is 0 Å². The lowest BCUT2D eigenvalue weighted by atomic mass is 9.97. The van der Waals surface area contributed by atoms with E-state index in [0.717, 1.165) is 111 Å². The van der Waals surface area contributed by atoms with Crippen molar-refractivity contribution < 1.29 is 0 Å². The molecule has 4 heteroatoms. The first-order valence-corrected chi connectivity index (χ1v) is 23.8. The molecule has 0 aliphatic rings.